The molecule has 0 saturated carbocycles. The van der Waals surface area contributed by atoms with Crippen LogP contribution < -0.4 is 20.1 Å². The summed E-state index contributed by atoms with van der Waals surface area (Å²) in [6.45, 7) is 0. The molecule has 2 N–H and O–H groups in total. The number of benzene rings is 1. The molecule has 0 fully saturated rings. The first-order chi connectivity index (χ1) is 9.67. The molecule has 2 aromatic rings. The molecule has 1 heterocycles. The molecule has 6 nitrogen and oxygen atoms in total. The van der Waals surface area contributed by atoms with Crippen molar-refractivity contribution in [2.75, 3.05) is 31.9 Å². The molecule has 0 bridgehead atoms. The maximum atomic E-state index is 6.12. The molecule has 0 aliphatic heterocycles. The van der Waals surface area contributed by atoms with Gasteiger partial charge >= 0.3 is 0 Å². The Morgan fingerprint density at radius 3 is 2.55 bits per heavy atom. The van der Waals surface area contributed by atoms with Crippen LogP contribution >= 0.6 is 11.6 Å². The van der Waals surface area contributed by atoms with E-state index in [2.05, 4.69) is 20.6 Å². The Morgan fingerprint density at radius 2 is 1.90 bits per heavy atom. The fourth-order valence-corrected chi connectivity index (χ4v) is 1.89. The van der Waals surface area contributed by atoms with Crippen molar-refractivity contribution in [3.05, 3.63) is 29.4 Å². The number of methoxy groups -OCH3 is 2. The summed E-state index contributed by atoms with van der Waals surface area (Å²) in [6, 6.07) is 5.18. The highest BCUT2D eigenvalue weighted by Gasteiger charge is 2.10. The number of anilines is 3. The zero-order chi connectivity index (χ0) is 14.5. The second-order valence-electron chi connectivity index (χ2n) is 3.83. The molecule has 7 heteroatoms. The van der Waals surface area contributed by atoms with Crippen LogP contribution in [0.15, 0.2) is 24.4 Å². The van der Waals surface area contributed by atoms with Crippen LogP contribution in [0.25, 0.3) is 0 Å². The average molecular weight is 295 g/mol. The fraction of sp³-hybridized carbons (Fsp3) is 0.231. The van der Waals surface area contributed by atoms with Crippen molar-refractivity contribution in [3.8, 4) is 11.5 Å². The SMILES string of the molecule is CNc1nccc(Nc2cc(Cl)c(OC)cc2OC)n1. The normalized spacial score (nSPS) is 10.0. The van der Waals surface area contributed by atoms with Crippen LogP contribution in [0.1, 0.15) is 0 Å². The topological polar surface area (TPSA) is 68.3 Å². The van der Waals surface area contributed by atoms with Gasteiger partial charge < -0.3 is 20.1 Å². The van der Waals surface area contributed by atoms with Gasteiger partial charge in [0.05, 0.1) is 24.9 Å². The summed E-state index contributed by atoms with van der Waals surface area (Å²) in [6.07, 6.45) is 1.65. The number of rotatable bonds is 5. The highest BCUT2D eigenvalue weighted by atomic mass is 35.5. The summed E-state index contributed by atoms with van der Waals surface area (Å²) in [5, 5.41) is 6.49. The van der Waals surface area contributed by atoms with Crippen LogP contribution in [0.2, 0.25) is 5.02 Å². The second-order valence-corrected chi connectivity index (χ2v) is 4.23. The van der Waals surface area contributed by atoms with Crippen molar-refractivity contribution in [3.63, 3.8) is 0 Å². The molecule has 106 valence electrons. The highest BCUT2D eigenvalue weighted by Crippen LogP contribution is 2.37. The number of nitrogens with one attached hydrogen (secondary N) is 2. The summed E-state index contributed by atoms with van der Waals surface area (Å²) in [7, 11) is 4.88. The number of halogens is 1. The van der Waals surface area contributed by atoms with Gasteiger partial charge in [0.1, 0.15) is 17.3 Å². The van der Waals surface area contributed by atoms with Crippen molar-refractivity contribution in [1.82, 2.24) is 9.97 Å². The molecular weight excluding hydrogens is 280 g/mol. The summed E-state index contributed by atoms with van der Waals surface area (Å²) in [5.41, 5.74) is 0.694. The molecule has 1 aromatic carbocycles. The third-order valence-electron chi connectivity index (χ3n) is 2.62. The van der Waals surface area contributed by atoms with E-state index in [1.807, 2.05) is 0 Å². The van der Waals surface area contributed by atoms with Crippen molar-refractivity contribution < 1.29 is 9.47 Å². The predicted molar refractivity (Wildman–Crippen MR) is 79.4 cm³/mol. The molecule has 0 atom stereocenters. The molecule has 20 heavy (non-hydrogen) atoms. The van der Waals surface area contributed by atoms with Crippen LogP contribution in [0.3, 0.4) is 0 Å². The Morgan fingerprint density at radius 1 is 1.15 bits per heavy atom. The number of aromatic nitrogens is 2. The largest absolute Gasteiger partial charge is 0.495 e. The molecule has 2 rings (SSSR count). The summed E-state index contributed by atoms with van der Waals surface area (Å²) >= 11 is 6.12. The summed E-state index contributed by atoms with van der Waals surface area (Å²) in [4.78, 5) is 8.32. The first kappa shape index (κ1) is 14.2. The fourth-order valence-electron chi connectivity index (χ4n) is 1.64. The second kappa shape index (κ2) is 6.29. The quantitative estimate of drug-likeness (QED) is 0.884. The molecule has 0 radical (unpaired) electrons. The third-order valence-corrected chi connectivity index (χ3v) is 2.91. The van der Waals surface area contributed by atoms with Crippen LogP contribution in [0.4, 0.5) is 17.5 Å². The van der Waals surface area contributed by atoms with Gasteiger partial charge in [0, 0.05) is 19.3 Å². The number of hydrogen-bond donors (Lipinski definition) is 2. The Hall–Kier alpha value is -2.21. The molecule has 1 aromatic heterocycles. The molecule has 0 aliphatic rings. The standard InChI is InChI=1S/C13H15ClN4O2/c1-15-13-16-5-4-12(18-13)17-9-6-8(14)10(19-2)7-11(9)20-3/h4-7H,1-3H3,(H2,15,16,17,18). The molecule has 0 unspecified atom stereocenters. The van der Waals surface area contributed by atoms with Gasteiger partial charge in [-0.05, 0) is 12.1 Å². The smallest absolute Gasteiger partial charge is 0.224 e. The van der Waals surface area contributed by atoms with Crippen molar-refractivity contribution in [2.45, 2.75) is 0 Å². The van der Waals surface area contributed by atoms with E-state index in [0.29, 0.717) is 34.0 Å². The Balaban J connectivity index is 2.34. The molecule has 0 aliphatic carbocycles. The van der Waals surface area contributed by atoms with Gasteiger partial charge in [-0.2, -0.15) is 4.98 Å². The van der Waals surface area contributed by atoms with E-state index < -0.39 is 0 Å². The van der Waals surface area contributed by atoms with Crippen LogP contribution in [-0.2, 0) is 0 Å². The molecule has 0 saturated heterocycles. The van der Waals surface area contributed by atoms with E-state index in [-0.39, 0.29) is 0 Å². The third kappa shape index (κ3) is 3.03. The summed E-state index contributed by atoms with van der Waals surface area (Å²) in [5.74, 6) is 2.31. The van der Waals surface area contributed by atoms with Gasteiger partial charge in [0.25, 0.3) is 0 Å². The predicted octanol–water partition coefficient (Wildman–Crippen LogP) is 2.93. The van der Waals surface area contributed by atoms with Crippen LogP contribution in [-0.4, -0.2) is 31.2 Å². The summed E-state index contributed by atoms with van der Waals surface area (Å²) < 4.78 is 10.5. The van der Waals surface area contributed by atoms with E-state index in [1.165, 1.54) is 0 Å². The van der Waals surface area contributed by atoms with E-state index in [9.17, 15) is 0 Å². The van der Waals surface area contributed by atoms with E-state index >= 15 is 0 Å². The zero-order valence-electron chi connectivity index (χ0n) is 11.4. The lowest BCUT2D eigenvalue weighted by Gasteiger charge is -2.13. The van der Waals surface area contributed by atoms with Crippen molar-refractivity contribution in [1.29, 1.82) is 0 Å². The lowest BCUT2D eigenvalue weighted by atomic mass is 10.2. The lowest BCUT2D eigenvalue weighted by Crippen LogP contribution is -2.01. The van der Waals surface area contributed by atoms with Crippen molar-refractivity contribution in [2.24, 2.45) is 0 Å². The first-order valence-electron chi connectivity index (χ1n) is 5.87. The minimum Gasteiger partial charge on any atom is -0.495 e. The molecular formula is C13H15ClN4O2. The monoisotopic (exact) mass is 294 g/mol. The van der Waals surface area contributed by atoms with Crippen LogP contribution in [0, 0.1) is 0 Å². The van der Waals surface area contributed by atoms with Gasteiger partial charge in [0.15, 0.2) is 0 Å². The zero-order valence-corrected chi connectivity index (χ0v) is 12.2. The van der Waals surface area contributed by atoms with E-state index in [4.69, 9.17) is 21.1 Å². The Kier molecular flexibility index (Phi) is 4.47. The minimum atomic E-state index is 0.485. The van der Waals surface area contributed by atoms with Crippen LogP contribution in [0.5, 0.6) is 11.5 Å². The number of nitrogens with zero attached hydrogens (tertiary/aromatic N) is 2. The number of hydrogen-bond acceptors (Lipinski definition) is 6. The van der Waals surface area contributed by atoms with Gasteiger partial charge in [-0.1, -0.05) is 11.6 Å². The number of ether oxygens (including phenoxy) is 2. The molecule has 0 amide bonds. The van der Waals surface area contributed by atoms with E-state index in [1.54, 1.807) is 45.7 Å². The maximum absolute atomic E-state index is 6.12. The van der Waals surface area contributed by atoms with Gasteiger partial charge in [-0.3, -0.25) is 0 Å². The van der Waals surface area contributed by atoms with E-state index in [0.717, 1.165) is 0 Å². The first-order valence-corrected chi connectivity index (χ1v) is 6.25. The Bertz CT molecular complexity index is 607. The lowest BCUT2D eigenvalue weighted by molar-refractivity contribution is 0.396. The van der Waals surface area contributed by atoms with Gasteiger partial charge in [0.2, 0.25) is 5.95 Å². The average Bonchev–Trinajstić information content (AvgIpc) is 2.48. The highest BCUT2D eigenvalue weighted by molar-refractivity contribution is 6.32. The maximum Gasteiger partial charge on any atom is 0.224 e. The Labute approximate surface area is 122 Å². The van der Waals surface area contributed by atoms with Crippen molar-refractivity contribution >= 4 is 29.1 Å². The van der Waals surface area contributed by atoms with Gasteiger partial charge in [-0.25, -0.2) is 4.98 Å². The van der Waals surface area contributed by atoms with Gasteiger partial charge in [-0.15, -0.1) is 0 Å². The minimum absolute atomic E-state index is 0.485. The molecule has 0 spiro atoms.